The van der Waals surface area contributed by atoms with Crippen molar-refractivity contribution in [3.8, 4) is 0 Å². The fourth-order valence-electron chi connectivity index (χ4n) is 2.32. The highest BCUT2D eigenvalue weighted by molar-refractivity contribution is 8.51. The number of halogens is 5. The van der Waals surface area contributed by atoms with E-state index < -0.39 is 32.5 Å². The molecule has 0 N–H and O–H groups in total. The molecule has 124 valence electrons. The van der Waals surface area contributed by atoms with Gasteiger partial charge in [0.25, 0.3) is 0 Å². The third-order valence-corrected chi connectivity index (χ3v) is 7.83. The standard InChI is InChI=1S/C18H11ClF4S/c19-24(12-4-2-1-3-5-12,13-6-8-15(20)17(22)10-13)14-7-9-16(21)18(23)11-14/h1-11H. The minimum atomic E-state index is -2.59. The van der Waals surface area contributed by atoms with Crippen molar-refractivity contribution in [2.24, 2.45) is 0 Å². The SMILES string of the molecule is Fc1ccc(S(Cl)(c2ccccc2)c2ccc(F)c(F)c2)cc1F. The summed E-state index contributed by atoms with van der Waals surface area (Å²) in [5, 5.41) is 0. The van der Waals surface area contributed by atoms with Gasteiger partial charge in [0.1, 0.15) is 0 Å². The van der Waals surface area contributed by atoms with Gasteiger partial charge < -0.3 is 0 Å². The summed E-state index contributed by atoms with van der Waals surface area (Å²) in [6.45, 7) is 0. The van der Waals surface area contributed by atoms with E-state index in [4.69, 9.17) is 10.7 Å². The first-order valence-corrected chi connectivity index (χ1v) is 9.37. The van der Waals surface area contributed by atoms with Crippen molar-refractivity contribution in [1.29, 1.82) is 0 Å². The molecular weight excluding hydrogens is 360 g/mol. The predicted octanol–water partition coefficient (Wildman–Crippen LogP) is 6.68. The maximum Gasteiger partial charge on any atom is 0.159 e. The summed E-state index contributed by atoms with van der Waals surface area (Å²) in [6, 6.07) is 15.3. The summed E-state index contributed by atoms with van der Waals surface area (Å²) in [4.78, 5) is 1.18. The lowest BCUT2D eigenvalue weighted by molar-refractivity contribution is 0.505. The molecule has 0 atom stereocenters. The number of benzene rings is 3. The highest BCUT2D eigenvalue weighted by atomic mass is 35.7. The second kappa shape index (κ2) is 6.49. The average Bonchev–Trinajstić information content (AvgIpc) is 2.60. The van der Waals surface area contributed by atoms with E-state index in [2.05, 4.69) is 0 Å². The zero-order valence-electron chi connectivity index (χ0n) is 12.1. The molecule has 3 aromatic rings. The Morgan fingerprint density at radius 2 is 1.00 bits per heavy atom. The van der Waals surface area contributed by atoms with Crippen LogP contribution >= 0.6 is 19.9 Å². The Labute approximate surface area is 142 Å². The summed E-state index contributed by atoms with van der Waals surface area (Å²) in [5.74, 6) is -4.11. The first-order valence-electron chi connectivity index (χ1n) is 6.91. The molecule has 3 aromatic carbocycles. The molecule has 3 rings (SSSR count). The maximum atomic E-state index is 13.7. The summed E-state index contributed by atoms with van der Waals surface area (Å²) < 4.78 is 54.0. The minimum Gasteiger partial charge on any atom is -0.204 e. The van der Waals surface area contributed by atoms with Crippen LogP contribution < -0.4 is 0 Å². The molecule has 0 fully saturated rings. The van der Waals surface area contributed by atoms with E-state index in [0.717, 1.165) is 24.3 Å². The van der Waals surface area contributed by atoms with Gasteiger partial charge in [-0.25, -0.2) is 17.6 Å². The van der Waals surface area contributed by atoms with Gasteiger partial charge in [0.05, 0.1) is 0 Å². The predicted molar refractivity (Wildman–Crippen MR) is 87.4 cm³/mol. The Kier molecular flexibility index (Phi) is 4.56. The number of hydrogen-bond donors (Lipinski definition) is 0. The molecule has 0 radical (unpaired) electrons. The van der Waals surface area contributed by atoms with Crippen molar-refractivity contribution >= 4 is 19.9 Å². The molecule has 24 heavy (non-hydrogen) atoms. The van der Waals surface area contributed by atoms with Crippen molar-refractivity contribution in [2.75, 3.05) is 0 Å². The topological polar surface area (TPSA) is 0 Å². The van der Waals surface area contributed by atoms with E-state index in [1.165, 1.54) is 12.1 Å². The normalized spacial score (nSPS) is 12.2. The van der Waals surface area contributed by atoms with Gasteiger partial charge in [0.2, 0.25) is 0 Å². The van der Waals surface area contributed by atoms with Gasteiger partial charge in [-0.15, -0.1) is 0 Å². The van der Waals surface area contributed by atoms with Crippen molar-refractivity contribution in [2.45, 2.75) is 14.7 Å². The highest BCUT2D eigenvalue weighted by Gasteiger charge is 2.30. The Hall–Kier alpha value is -1.98. The van der Waals surface area contributed by atoms with E-state index in [0.29, 0.717) is 14.7 Å². The van der Waals surface area contributed by atoms with Gasteiger partial charge in [0.15, 0.2) is 23.3 Å². The zero-order chi connectivity index (χ0) is 17.3. The van der Waals surface area contributed by atoms with E-state index in [1.807, 2.05) is 0 Å². The maximum absolute atomic E-state index is 13.7. The van der Waals surface area contributed by atoms with Gasteiger partial charge in [-0.2, -0.15) is 0 Å². The van der Waals surface area contributed by atoms with Crippen LogP contribution in [0.25, 0.3) is 0 Å². The molecule has 6 heteroatoms. The first-order chi connectivity index (χ1) is 11.4. The molecule has 0 heterocycles. The van der Waals surface area contributed by atoms with Crippen LogP contribution in [0, 0.1) is 23.3 Å². The second-order valence-electron chi connectivity index (χ2n) is 5.00. The quantitative estimate of drug-likeness (QED) is 0.451. The monoisotopic (exact) mass is 370 g/mol. The summed E-state index contributed by atoms with van der Waals surface area (Å²) in [7, 11) is 4.27. The summed E-state index contributed by atoms with van der Waals surface area (Å²) in [5.41, 5.74) is 0. The lowest BCUT2D eigenvalue weighted by Crippen LogP contribution is -2.00. The van der Waals surface area contributed by atoms with Crippen LogP contribution in [0.15, 0.2) is 81.4 Å². The van der Waals surface area contributed by atoms with E-state index in [-0.39, 0.29) is 0 Å². The Morgan fingerprint density at radius 1 is 0.542 bits per heavy atom. The van der Waals surface area contributed by atoms with Crippen LogP contribution in [0.3, 0.4) is 0 Å². The summed E-state index contributed by atoms with van der Waals surface area (Å²) >= 11 is 0. The fourth-order valence-corrected chi connectivity index (χ4v) is 5.60. The molecule has 0 saturated carbocycles. The Morgan fingerprint density at radius 3 is 1.42 bits per heavy atom. The van der Waals surface area contributed by atoms with Gasteiger partial charge in [-0.3, -0.25) is 0 Å². The molecule has 0 saturated heterocycles. The molecular formula is C18H11ClF4S. The second-order valence-corrected chi connectivity index (χ2v) is 8.88. The van der Waals surface area contributed by atoms with Gasteiger partial charge in [0, 0.05) is 14.7 Å². The lowest BCUT2D eigenvalue weighted by atomic mass is 10.3. The minimum absolute atomic E-state index is 0.292. The third kappa shape index (κ3) is 2.89. The Bertz CT molecular complexity index is 832. The molecule has 0 bridgehead atoms. The van der Waals surface area contributed by atoms with Crippen LogP contribution in [-0.4, -0.2) is 0 Å². The van der Waals surface area contributed by atoms with E-state index in [1.54, 1.807) is 30.3 Å². The zero-order valence-corrected chi connectivity index (χ0v) is 13.7. The molecule has 0 unspecified atom stereocenters. The largest absolute Gasteiger partial charge is 0.204 e. The van der Waals surface area contributed by atoms with Crippen LogP contribution in [0.2, 0.25) is 0 Å². The fraction of sp³-hybridized carbons (Fsp3) is 0. The molecule has 0 spiro atoms. The van der Waals surface area contributed by atoms with Crippen LogP contribution in [0.5, 0.6) is 0 Å². The molecule has 0 amide bonds. The van der Waals surface area contributed by atoms with Crippen molar-refractivity contribution in [3.63, 3.8) is 0 Å². The van der Waals surface area contributed by atoms with E-state index >= 15 is 0 Å². The molecule has 0 aliphatic heterocycles. The molecule has 0 nitrogen and oxygen atoms in total. The van der Waals surface area contributed by atoms with Gasteiger partial charge >= 0.3 is 0 Å². The van der Waals surface area contributed by atoms with Crippen LogP contribution in [0.4, 0.5) is 17.6 Å². The lowest BCUT2D eigenvalue weighted by Gasteiger charge is -2.34. The van der Waals surface area contributed by atoms with Crippen molar-refractivity contribution in [3.05, 3.63) is 90.0 Å². The highest BCUT2D eigenvalue weighted by Crippen LogP contribution is 2.72. The Balaban J connectivity index is 2.28. The third-order valence-electron chi connectivity index (χ3n) is 3.50. The van der Waals surface area contributed by atoms with E-state index in [9.17, 15) is 17.6 Å². The first kappa shape index (κ1) is 16.9. The number of hydrogen-bond acceptors (Lipinski definition) is 0. The van der Waals surface area contributed by atoms with Crippen LogP contribution in [-0.2, 0) is 0 Å². The van der Waals surface area contributed by atoms with Crippen molar-refractivity contribution in [1.82, 2.24) is 0 Å². The summed E-state index contributed by atoms with van der Waals surface area (Å²) in [6.07, 6.45) is 0. The molecule has 0 aliphatic carbocycles. The van der Waals surface area contributed by atoms with Gasteiger partial charge in [-0.1, -0.05) is 38.1 Å². The molecule has 0 aromatic heterocycles. The van der Waals surface area contributed by atoms with Crippen molar-refractivity contribution < 1.29 is 17.6 Å². The average molecular weight is 371 g/mol. The smallest absolute Gasteiger partial charge is 0.159 e. The molecule has 0 aliphatic rings. The van der Waals surface area contributed by atoms with Gasteiger partial charge in [-0.05, 0) is 48.5 Å². The van der Waals surface area contributed by atoms with Crippen LogP contribution in [0.1, 0.15) is 0 Å². The number of rotatable bonds is 3.